The fourth-order valence-corrected chi connectivity index (χ4v) is 9.16. The average molecular weight is 1210 g/mol. The standard InChI is InChI=1S/C50H69NO33/c1-18(52)51-35-40(72-25(8)59)36(82-49-45(76-29(12)63)42(74-27(10)61)37(70-23(6)57)33(80-49)16-68-21(4)55)32(15-67-20(3)54)79-48(35)84-43-38(71-24(7)58)34(17-69-22(5)56)81-50(46(43)77-30(13)64)83-39-31(14-66-19(2)53)78-47(65)44(75-28(11)62)41(39)73-26(9)60/h31-50,65H,14-17H2,1-13H3,(H,51,52)/t31-,32-,33-,34-,35-,36-,37+,38+,39-,40-,41+,42+,43+,44-,45-,46-,47+,48+,49+,50+/m1/s1. The van der Waals surface area contributed by atoms with E-state index in [0.717, 1.165) is 90.0 Å². The maximum atomic E-state index is 13.4. The molecule has 1 amide bonds. The summed E-state index contributed by atoms with van der Waals surface area (Å²) in [5, 5.41) is 13.6. The fourth-order valence-electron chi connectivity index (χ4n) is 9.16. The van der Waals surface area contributed by atoms with E-state index in [-0.39, 0.29) is 0 Å². The number of aliphatic hydroxyl groups excluding tert-OH is 1. The number of nitrogens with one attached hydrogen (secondary N) is 1. The molecular weight excluding hydrogens is 1140 g/mol. The number of esters is 12. The summed E-state index contributed by atoms with van der Waals surface area (Å²) < 4.78 is 110. The van der Waals surface area contributed by atoms with Crippen molar-refractivity contribution in [2.75, 3.05) is 26.4 Å². The monoisotopic (exact) mass is 1210 g/mol. The Hall–Kier alpha value is -7.21. The molecule has 0 aromatic heterocycles. The van der Waals surface area contributed by atoms with E-state index < -0.39 is 227 Å². The molecule has 0 saturated carbocycles. The van der Waals surface area contributed by atoms with E-state index in [0.29, 0.717) is 0 Å². The van der Waals surface area contributed by atoms with Crippen molar-refractivity contribution in [3.05, 3.63) is 0 Å². The van der Waals surface area contributed by atoms with Crippen LogP contribution in [0.3, 0.4) is 0 Å². The van der Waals surface area contributed by atoms with Gasteiger partial charge < -0.3 is 100 Å². The second-order valence-corrected chi connectivity index (χ2v) is 19.0. The van der Waals surface area contributed by atoms with Crippen molar-refractivity contribution in [1.29, 1.82) is 0 Å². The van der Waals surface area contributed by atoms with Gasteiger partial charge in [0.15, 0.2) is 74.0 Å². The van der Waals surface area contributed by atoms with Gasteiger partial charge in [-0.15, -0.1) is 0 Å². The molecule has 4 aliphatic rings. The second-order valence-electron chi connectivity index (χ2n) is 19.0. The molecule has 4 rings (SSSR count). The molecule has 0 bridgehead atoms. The number of carbonyl (C=O) groups is 13. The van der Waals surface area contributed by atoms with Crippen LogP contribution < -0.4 is 5.32 Å². The highest BCUT2D eigenvalue weighted by Crippen LogP contribution is 2.39. The second kappa shape index (κ2) is 31.6. The Bertz CT molecular complexity index is 2410. The van der Waals surface area contributed by atoms with Gasteiger partial charge in [-0.25, -0.2) is 0 Å². The van der Waals surface area contributed by atoms with Crippen molar-refractivity contribution in [2.45, 2.75) is 213 Å². The third-order valence-corrected chi connectivity index (χ3v) is 11.9. The van der Waals surface area contributed by atoms with Gasteiger partial charge in [0.05, 0.1) is 0 Å². The Morgan fingerprint density at radius 1 is 0.298 bits per heavy atom. The van der Waals surface area contributed by atoms with Crippen LogP contribution in [0, 0.1) is 0 Å². The summed E-state index contributed by atoms with van der Waals surface area (Å²) in [6.07, 6.45) is -36.7. The number of amides is 1. The van der Waals surface area contributed by atoms with E-state index in [9.17, 15) is 67.4 Å². The number of hydrogen-bond acceptors (Lipinski definition) is 33. The van der Waals surface area contributed by atoms with Gasteiger partial charge in [-0.1, -0.05) is 0 Å². The Kier molecular flexibility index (Phi) is 26.1. The van der Waals surface area contributed by atoms with Crippen LogP contribution in [0.2, 0.25) is 0 Å². The van der Waals surface area contributed by atoms with E-state index in [1.54, 1.807) is 0 Å². The smallest absolute Gasteiger partial charge is 0.303 e. The predicted molar refractivity (Wildman–Crippen MR) is 260 cm³/mol. The van der Waals surface area contributed by atoms with Crippen molar-refractivity contribution in [1.82, 2.24) is 5.32 Å². The summed E-state index contributed by atoms with van der Waals surface area (Å²) >= 11 is 0. The molecule has 34 nitrogen and oxygen atoms in total. The highest BCUT2D eigenvalue weighted by Gasteiger charge is 2.61. The van der Waals surface area contributed by atoms with Gasteiger partial charge in [-0.3, -0.25) is 62.3 Å². The van der Waals surface area contributed by atoms with Gasteiger partial charge >= 0.3 is 71.6 Å². The van der Waals surface area contributed by atoms with Crippen LogP contribution in [-0.4, -0.2) is 232 Å². The number of rotatable bonds is 23. The lowest BCUT2D eigenvalue weighted by atomic mass is 9.93. The molecule has 0 unspecified atom stereocenters. The molecule has 0 aliphatic carbocycles. The summed E-state index contributed by atoms with van der Waals surface area (Å²) in [5.41, 5.74) is 0. The molecule has 20 atom stereocenters. The Balaban J connectivity index is 2.02. The van der Waals surface area contributed by atoms with Gasteiger partial charge in [0.2, 0.25) is 5.91 Å². The normalized spacial score (nSPS) is 32.7. The third kappa shape index (κ3) is 20.5. The molecule has 0 aromatic carbocycles. The summed E-state index contributed by atoms with van der Waals surface area (Å²) in [6.45, 7) is 9.14. The molecule has 0 aromatic rings. The van der Waals surface area contributed by atoms with Crippen molar-refractivity contribution in [3.63, 3.8) is 0 Å². The van der Waals surface area contributed by atoms with Gasteiger partial charge in [0.1, 0.15) is 75.2 Å². The third-order valence-electron chi connectivity index (χ3n) is 11.9. The number of hydrogen-bond donors (Lipinski definition) is 2. The highest BCUT2D eigenvalue weighted by atomic mass is 16.8. The lowest BCUT2D eigenvalue weighted by Crippen LogP contribution is -2.71. The molecule has 472 valence electrons. The zero-order valence-corrected chi connectivity index (χ0v) is 47.9. The van der Waals surface area contributed by atoms with E-state index >= 15 is 0 Å². The lowest BCUT2D eigenvalue weighted by molar-refractivity contribution is -0.380. The minimum absolute atomic E-state index is 0.742. The van der Waals surface area contributed by atoms with Crippen LogP contribution in [0.15, 0.2) is 0 Å². The van der Waals surface area contributed by atoms with Gasteiger partial charge in [0, 0.05) is 90.0 Å². The average Bonchev–Trinajstić information content (AvgIpc) is 2.53. The van der Waals surface area contributed by atoms with Crippen LogP contribution in [-0.2, 0) is 152 Å². The van der Waals surface area contributed by atoms with E-state index in [1.807, 2.05) is 0 Å². The predicted octanol–water partition coefficient (Wildman–Crippen LogP) is -2.76. The molecule has 34 heteroatoms. The SMILES string of the molecule is CC(=O)N[C@H]1[C@H](O[C@H]2[C@@H](OC(C)=O)[C@@H](COC(C)=O)O[C@@H](O[C@H]3[C@H](OC(C)=O)[C@@H](OC(C)=O)[C@@H](O)O[C@@H]3COC(C)=O)[C@@H]2OC(C)=O)O[C@H](COC(C)=O)[C@@H](O[C@@H]2O[C@H](COC(C)=O)[C@H](OC(C)=O)[C@H](OC(C)=O)[C@H]2OC(C)=O)[C@@H]1OC(C)=O. The molecule has 4 fully saturated rings. The van der Waals surface area contributed by atoms with Gasteiger partial charge in [-0.2, -0.15) is 0 Å². The quantitative estimate of drug-likeness (QED) is 0.0773. The van der Waals surface area contributed by atoms with Crippen molar-refractivity contribution in [2.24, 2.45) is 0 Å². The molecule has 4 aliphatic heterocycles. The lowest BCUT2D eigenvalue weighted by Gasteiger charge is -2.51. The van der Waals surface area contributed by atoms with Crippen LogP contribution in [0.4, 0.5) is 0 Å². The van der Waals surface area contributed by atoms with Crippen LogP contribution in [0.1, 0.15) is 90.0 Å². The number of aliphatic hydroxyl groups is 1. The molecule has 0 radical (unpaired) electrons. The molecule has 84 heavy (non-hydrogen) atoms. The van der Waals surface area contributed by atoms with Gasteiger partial charge in [0.25, 0.3) is 0 Å². The Morgan fingerprint density at radius 2 is 0.560 bits per heavy atom. The highest BCUT2D eigenvalue weighted by molar-refractivity contribution is 5.74. The zero-order valence-electron chi connectivity index (χ0n) is 47.9. The first kappa shape index (κ1) is 69.3. The molecule has 4 heterocycles. The topological polar surface area (TPSA) is 430 Å². The fraction of sp³-hybridized carbons (Fsp3) is 0.740. The Morgan fingerprint density at radius 3 is 0.929 bits per heavy atom. The van der Waals surface area contributed by atoms with Crippen LogP contribution >= 0.6 is 0 Å². The molecular formula is C50H69NO33. The van der Waals surface area contributed by atoms with Crippen LogP contribution in [0.25, 0.3) is 0 Å². The molecule has 0 spiro atoms. The largest absolute Gasteiger partial charge is 0.463 e. The minimum atomic E-state index is -2.17. The Labute approximate surface area is 478 Å². The van der Waals surface area contributed by atoms with Crippen molar-refractivity contribution in [3.8, 4) is 0 Å². The van der Waals surface area contributed by atoms with Crippen molar-refractivity contribution >= 4 is 77.5 Å². The minimum Gasteiger partial charge on any atom is -0.463 e. The molecule has 4 saturated heterocycles. The zero-order chi connectivity index (χ0) is 63.0. The van der Waals surface area contributed by atoms with Crippen molar-refractivity contribution < 1.29 is 157 Å². The first-order chi connectivity index (χ1) is 39.3. The van der Waals surface area contributed by atoms with Gasteiger partial charge in [-0.05, 0) is 0 Å². The maximum Gasteiger partial charge on any atom is 0.303 e. The summed E-state index contributed by atoms with van der Waals surface area (Å²) in [5.74, 6) is -13.1. The maximum absolute atomic E-state index is 13.4. The van der Waals surface area contributed by atoms with E-state index in [2.05, 4.69) is 5.32 Å². The summed E-state index contributed by atoms with van der Waals surface area (Å²) in [7, 11) is 0. The first-order valence-corrected chi connectivity index (χ1v) is 25.7. The number of carbonyl (C=O) groups excluding carboxylic acids is 13. The van der Waals surface area contributed by atoms with Crippen LogP contribution in [0.5, 0.6) is 0 Å². The molecule has 2 N–H and O–H groups in total. The number of ether oxygens (including phenoxy) is 19. The van der Waals surface area contributed by atoms with E-state index in [1.165, 1.54) is 0 Å². The van der Waals surface area contributed by atoms with E-state index in [4.69, 9.17) is 90.0 Å². The summed E-state index contributed by atoms with van der Waals surface area (Å²) in [6, 6.07) is -1.92. The summed E-state index contributed by atoms with van der Waals surface area (Å²) in [4.78, 5) is 166. The first-order valence-electron chi connectivity index (χ1n) is 25.7.